The Hall–Kier alpha value is -0.600. The van der Waals surface area contributed by atoms with Gasteiger partial charge < -0.3 is 5.32 Å². The third kappa shape index (κ3) is 2.55. The first kappa shape index (κ1) is 11.9. The molecule has 0 aliphatic carbocycles. The zero-order chi connectivity index (χ0) is 11.5. The maximum absolute atomic E-state index is 13.0. The van der Waals surface area contributed by atoms with E-state index in [-0.39, 0.29) is 5.82 Å². The summed E-state index contributed by atoms with van der Waals surface area (Å²) < 4.78 is 13.0. The topological polar surface area (TPSA) is 12.0 Å². The van der Waals surface area contributed by atoms with Crippen molar-refractivity contribution in [1.82, 2.24) is 5.32 Å². The molecule has 0 amide bonds. The van der Waals surface area contributed by atoms with Crippen LogP contribution in [0.15, 0.2) is 18.2 Å². The van der Waals surface area contributed by atoms with Gasteiger partial charge in [-0.15, -0.1) is 0 Å². The van der Waals surface area contributed by atoms with Gasteiger partial charge in [-0.3, -0.25) is 0 Å². The van der Waals surface area contributed by atoms with Gasteiger partial charge in [0.1, 0.15) is 5.82 Å². The molecule has 1 N–H and O–H groups in total. The molecule has 1 unspecified atom stereocenters. The molecule has 0 spiro atoms. The summed E-state index contributed by atoms with van der Waals surface area (Å²) in [6, 6.07) is 4.73. The van der Waals surface area contributed by atoms with E-state index in [0.29, 0.717) is 16.9 Å². The van der Waals surface area contributed by atoms with E-state index in [1.807, 2.05) is 6.07 Å². The number of benzene rings is 1. The highest BCUT2D eigenvalue weighted by atomic mass is 35.5. The lowest BCUT2D eigenvalue weighted by atomic mass is 9.82. The Balaban J connectivity index is 2.15. The second-order valence-electron chi connectivity index (χ2n) is 4.54. The van der Waals surface area contributed by atoms with Gasteiger partial charge in [-0.1, -0.05) is 24.6 Å². The van der Waals surface area contributed by atoms with Crippen LogP contribution in [-0.2, 0) is 0 Å². The number of rotatable bonds is 2. The van der Waals surface area contributed by atoms with Crippen LogP contribution in [0.5, 0.6) is 0 Å². The van der Waals surface area contributed by atoms with Crippen molar-refractivity contribution in [1.29, 1.82) is 0 Å². The summed E-state index contributed by atoms with van der Waals surface area (Å²) in [6.07, 6.45) is 2.35. The van der Waals surface area contributed by atoms with Gasteiger partial charge in [0, 0.05) is 5.02 Å². The normalized spacial score (nSPS) is 19.7. The molecule has 0 aromatic heterocycles. The number of nitrogens with one attached hydrogen (secondary N) is 1. The Bertz CT molecular complexity index is 361. The highest BCUT2D eigenvalue weighted by molar-refractivity contribution is 6.31. The second kappa shape index (κ2) is 5.15. The van der Waals surface area contributed by atoms with Crippen molar-refractivity contribution in [3.63, 3.8) is 0 Å². The predicted octanol–water partition coefficient (Wildman–Crippen LogP) is 3.58. The Morgan fingerprint density at radius 3 is 2.69 bits per heavy atom. The van der Waals surface area contributed by atoms with E-state index in [4.69, 9.17) is 11.6 Å². The first-order chi connectivity index (χ1) is 7.68. The molecule has 3 heteroatoms. The van der Waals surface area contributed by atoms with Crippen LogP contribution >= 0.6 is 11.6 Å². The fraction of sp³-hybridized carbons (Fsp3) is 0.538. The molecule has 1 atom stereocenters. The van der Waals surface area contributed by atoms with Gasteiger partial charge in [0.15, 0.2) is 0 Å². The van der Waals surface area contributed by atoms with Crippen molar-refractivity contribution in [2.24, 2.45) is 5.92 Å². The molecule has 1 heterocycles. The molecule has 0 bridgehead atoms. The minimum Gasteiger partial charge on any atom is -0.317 e. The zero-order valence-electron chi connectivity index (χ0n) is 9.47. The average Bonchev–Trinajstić information content (AvgIpc) is 2.29. The molecule has 16 heavy (non-hydrogen) atoms. The van der Waals surface area contributed by atoms with Crippen molar-refractivity contribution >= 4 is 11.6 Å². The first-order valence-electron chi connectivity index (χ1n) is 5.84. The minimum atomic E-state index is -0.258. The van der Waals surface area contributed by atoms with Gasteiger partial charge in [-0.2, -0.15) is 0 Å². The third-order valence-electron chi connectivity index (χ3n) is 3.54. The number of halogens is 2. The van der Waals surface area contributed by atoms with Crippen molar-refractivity contribution in [2.45, 2.75) is 25.7 Å². The third-order valence-corrected chi connectivity index (χ3v) is 3.87. The van der Waals surface area contributed by atoms with Gasteiger partial charge in [0.25, 0.3) is 0 Å². The molecular formula is C13H17ClFN. The van der Waals surface area contributed by atoms with Crippen molar-refractivity contribution in [2.75, 3.05) is 13.1 Å². The van der Waals surface area contributed by atoms with Crippen molar-refractivity contribution in [3.8, 4) is 0 Å². The second-order valence-corrected chi connectivity index (χ2v) is 4.95. The van der Waals surface area contributed by atoms with E-state index < -0.39 is 0 Å². The van der Waals surface area contributed by atoms with E-state index in [1.54, 1.807) is 0 Å². The van der Waals surface area contributed by atoms with Crippen molar-refractivity contribution in [3.05, 3.63) is 34.6 Å². The van der Waals surface area contributed by atoms with Gasteiger partial charge in [-0.05, 0) is 55.5 Å². The summed E-state index contributed by atoms with van der Waals surface area (Å²) in [5, 5.41) is 3.91. The van der Waals surface area contributed by atoms with Crippen LogP contribution < -0.4 is 5.32 Å². The smallest absolute Gasteiger partial charge is 0.124 e. The molecule has 0 saturated carbocycles. The summed E-state index contributed by atoms with van der Waals surface area (Å²) in [4.78, 5) is 0. The first-order valence-corrected chi connectivity index (χ1v) is 6.22. The number of hydrogen-bond donors (Lipinski definition) is 1. The van der Waals surface area contributed by atoms with Gasteiger partial charge in [0.05, 0.1) is 0 Å². The fourth-order valence-corrected chi connectivity index (χ4v) is 2.81. The molecule has 0 radical (unpaired) electrons. The largest absolute Gasteiger partial charge is 0.317 e. The summed E-state index contributed by atoms with van der Waals surface area (Å²) >= 11 is 6.09. The standard InChI is InChI=1S/C13H17ClFN/c1-9(10-4-6-16-7-5-10)12-3-2-11(15)8-13(12)14/h2-3,8-10,16H,4-7H2,1H3. The summed E-state index contributed by atoms with van der Waals surface area (Å²) in [7, 11) is 0. The molecule has 1 saturated heterocycles. The SMILES string of the molecule is CC(c1ccc(F)cc1Cl)C1CCNCC1. The number of piperidine rings is 1. The molecule has 1 aromatic rings. The molecule has 88 valence electrons. The van der Waals surface area contributed by atoms with Gasteiger partial charge in [0.2, 0.25) is 0 Å². The monoisotopic (exact) mass is 241 g/mol. The lowest BCUT2D eigenvalue weighted by Crippen LogP contribution is -2.30. The van der Waals surface area contributed by atoms with Crippen LogP contribution in [0, 0.1) is 11.7 Å². The van der Waals surface area contributed by atoms with Crippen LogP contribution in [0.4, 0.5) is 4.39 Å². The molecule has 1 aromatic carbocycles. The molecule has 1 aliphatic rings. The fourth-order valence-electron chi connectivity index (χ4n) is 2.47. The van der Waals surface area contributed by atoms with E-state index in [2.05, 4.69) is 12.2 Å². The molecule has 1 aliphatic heterocycles. The van der Waals surface area contributed by atoms with Crippen LogP contribution in [0.3, 0.4) is 0 Å². The van der Waals surface area contributed by atoms with Crippen LogP contribution in [0.1, 0.15) is 31.2 Å². The lowest BCUT2D eigenvalue weighted by Gasteiger charge is -2.29. The zero-order valence-corrected chi connectivity index (χ0v) is 10.2. The Morgan fingerprint density at radius 2 is 2.06 bits per heavy atom. The molecular weight excluding hydrogens is 225 g/mol. The lowest BCUT2D eigenvalue weighted by molar-refractivity contribution is 0.330. The average molecular weight is 242 g/mol. The van der Waals surface area contributed by atoms with Gasteiger partial charge >= 0.3 is 0 Å². The van der Waals surface area contributed by atoms with E-state index in [9.17, 15) is 4.39 Å². The maximum atomic E-state index is 13.0. The molecule has 2 rings (SSSR count). The highest BCUT2D eigenvalue weighted by Crippen LogP contribution is 2.34. The van der Waals surface area contributed by atoms with Crippen LogP contribution in [0.25, 0.3) is 0 Å². The van der Waals surface area contributed by atoms with Crippen LogP contribution in [0.2, 0.25) is 5.02 Å². The summed E-state index contributed by atoms with van der Waals surface area (Å²) in [6.45, 7) is 4.34. The summed E-state index contributed by atoms with van der Waals surface area (Å²) in [5.74, 6) is 0.811. The van der Waals surface area contributed by atoms with E-state index in [1.165, 1.54) is 25.0 Å². The quantitative estimate of drug-likeness (QED) is 0.835. The Labute approximate surface area is 101 Å². The highest BCUT2D eigenvalue weighted by Gasteiger charge is 2.22. The van der Waals surface area contributed by atoms with E-state index >= 15 is 0 Å². The maximum Gasteiger partial charge on any atom is 0.124 e. The Kier molecular flexibility index (Phi) is 3.82. The molecule has 1 nitrogen and oxygen atoms in total. The minimum absolute atomic E-state index is 0.258. The van der Waals surface area contributed by atoms with E-state index in [0.717, 1.165) is 18.7 Å². The van der Waals surface area contributed by atoms with Crippen LogP contribution in [-0.4, -0.2) is 13.1 Å². The van der Waals surface area contributed by atoms with Gasteiger partial charge in [-0.25, -0.2) is 4.39 Å². The van der Waals surface area contributed by atoms with Crippen molar-refractivity contribution < 1.29 is 4.39 Å². The number of hydrogen-bond acceptors (Lipinski definition) is 1. The predicted molar refractivity (Wildman–Crippen MR) is 65.4 cm³/mol. The Morgan fingerprint density at radius 1 is 1.38 bits per heavy atom. The molecule has 1 fully saturated rings. The summed E-state index contributed by atoms with van der Waals surface area (Å²) in [5.41, 5.74) is 1.08.